The standard InChI is InChI=1S/C20H15FN4O2S/c1-27-14-8-6-13(7-9-14)25-19-16(10-24-25)20(23-12-22-19)28-11-18(26)15-4-2-3-5-17(15)21/h2-10,12H,11H2,1H3. The molecule has 4 aromatic rings. The molecule has 6 nitrogen and oxygen atoms in total. The Kier molecular flexibility index (Phi) is 5.03. The molecule has 0 radical (unpaired) electrons. The Balaban J connectivity index is 1.59. The molecule has 0 unspecified atom stereocenters. The molecule has 0 aliphatic carbocycles. The lowest BCUT2D eigenvalue weighted by atomic mass is 10.1. The van der Waals surface area contributed by atoms with Crippen molar-refractivity contribution in [2.75, 3.05) is 12.9 Å². The lowest BCUT2D eigenvalue weighted by molar-refractivity contribution is 0.101. The molecule has 2 aromatic heterocycles. The minimum atomic E-state index is -0.520. The number of methoxy groups -OCH3 is 1. The van der Waals surface area contributed by atoms with E-state index in [0.29, 0.717) is 10.7 Å². The average molecular weight is 394 g/mol. The summed E-state index contributed by atoms with van der Waals surface area (Å²) >= 11 is 1.24. The molecule has 0 saturated heterocycles. The summed E-state index contributed by atoms with van der Waals surface area (Å²) in [4.78, 5) is 20.9. The zero-order chi connectivity index (χ0) is 19.5. The summed E-state index contributed by atoms with van der Waals surface area (Å²) < 4.78 is 20.7. The minimum Gasteiger partial charge on any atom is -0.497 e. The summed E-state index contributed by atoms with van der Waals surface area (Å²) in [6.45, 7) is 0. The fourth-order valence-corrected chi connectivity index (χ4v) is 3.59. The van der Waals surface area contributed by atoms with E-state index in [9.17, 15) is 9.18 Å². The average Bonchev–Trinajstić information content (AvgIpc) is 3.17. The normalized spacial score (nSPS) is 10.9. The number of carbonyl (C=O) groups excluding carboxylic acids is 1. The van der Waals surface area contributed by atoms with Crippen LogP contribution >= 0.6 is 11.8 Å². The highest BCUT2D eigenvalue weighted by Gasteiger charge is 2.15. The number of fused-ring (bicyclic) bond motifs is 1. The van der Waals surface area contributed by atoms with Crippen LogP contribution in [0.2, 0.25) is 0 Å². The van der Waals surface area contributed by atoms with Gasteiger partial charge in [-0.15, -0.1) is 0 Å². The van der Waals surface area contributed by atoms with E-state index in [0.717, 1.165) is 16.8 Å². The van der Waals surface area contributed by atoms with Crippen LogP contribution in [-0.4, -0.2) is 38.4 Å². The van der Waals surface area contributed by atoms with E-state index in [1.807, 2.05) is 24.3 Å². The zero-order valence-electron chi connectivity index (χ0n) is 14.9. The van der Waals surface area contributed by atoms with Crippen molar-refractivity contribution < 1.29 is 13.9 Å². The molecule has 140 valence electrons. The summed E-state index contributed by atoms with van der Waals surface area (Å²) in [7, 11) is 1.61. The van der Waals surface area contributed by atoms with Crippen LogP contribution in [0.1, 0.15) is 10.4 Å². The lowest BCUT2D eigenvalue weighted by Crippen LogP contribution is -2.05. The molecular weight excluding hydrogens is 379 g/mol. The third-order valence-corrected chi connectivity index (χ3v) is 5.17. The number of rotatable bonds is 6. The second-order valence-corrected chi connectivity index (χ2v) is 6.83. The third kappa shape index (κ3) is 3.46. The number of ketones is 1. The maximum atomic E-state index is 13.8. The van der Waals surface area contributed by atoms with Crippen molar-refractivity contribution in [2.24, 2.45) is 0 Å². The molecule has 4 rings (SSSR count). The molecule has 0 atom stereocenters. The van der Waals surface area contributed by atoms with E-state index in [1.165, 1.54) is 30.2 Å². The third-order valence-electron chi connectivity index (χ3n) is 4.16. The van der Waals surface area contributed by atoms with E-state index in [-0.39, 0.29) is 17.1 Å². The van der Waals surface area contributed by atoms with Crippen molar-refractivity contribution in [3.8, 4) is 11.4 Å². The molecule has 0 fully saturated rings. The van der Waals surface area contributed by atoms with Crippen molar-refractivity contribution >= 4 is 28.6 Å². The maximum Gasteiger partial charge on any atom is 0.176 e. The van der Waals surface area contributed by atoms with Gasteiger partial charge in [0.2, 0.25) is 0 Å². The predicted octanol–water partition coefficient (Wildman–Crippen LogP) is 3.94. The first kappa shape index (κ1) is 18.1. The zero-order valence-corrected chi connectivity index (χ0v) is 15.7. The van der Waals surface area contributed by atoms with E-state index >= 15 is 0 Å². The monoisotopic (exact) mass is 394 g/mol. The molecule has 0 N–H and O–H groups in total. The summed E-state index contributed by atoms with van der Waals surface area (Å²) in [5.74, 6) is 0.00391. The van der Waals surface area contributed by atoms with Gasteiger partial charge in [-0.05, 0) is 36.4 Å². The Bertz CT molecular complexity index is 1140. The van der Waals surface area contributed by atoms with Gasteiger partial charge in [-0.2, -0.15) is 5.10 Å². The molecule has 2 heterocycles. The van der Waals surface area contributed by atoms with Crippen molar-refractivity contribution in [3.63, 3.8) is 0 Å². The van der Waals surface area contributed by atoms with Gasteiger partial charge in [0.1, 0.15) is 22.9 Å². The number of ether oxygens (including phenoxy) is 1. The summed E-state index contributed by atoms with van der Waals surface area (Å²) in [5.41, 5.74) is 1.53. The van der Waals surface area contributed by atoms with Gasteiger partial charge in [0.25, 0.3) is 0 Å². The van der Waals surface area contributed by atoms with Gasteiger partial charge in [0.05, 0.1) is 35.7 Å². The van der Waals surface area contributed by atoms with E-state index in [4.69, 9.17) is 4.74 Å². The highest BCUT2D eigenvalue weighted by atomic mass is 32.2. The molecule has 0 saturated carbocycles. The first-order chi connectivity index (χ1) is 13.7. The van der Waals surface area contributed by atoms with Crippen molar-refractivity contribution in [3.05, 3.63) is 72.4 Å². The minimum absolute atomic E-state index is 0.0702. The number of carbonyl (C=O) groups is 1. The number of Topliss-reactive ketones (excluding diaryl/α,β-unsaturated/α-hetero) is 1. The predicted molar refractivity (Wildman–Crippen MR) is 105 cm³/mol. The van der Waals surface area contributed by atoms with E-state index < -0.39 is 5.82 Å². The second-order valence-electron chi connectivity index (χ2n) is 5.86. The van der Waals surface area contributed by atoms with Crippen molar-refractivity contribution in [1.82, 2.24) is 19.7 Å². The van der Waals surface area contributed by atoms with Gasteiger partial charge in [-0.25, -0.2) is 19.0 Å². The van der Waals surface area contributed by atoms with E-state index in [2.05, 4.69) is 15.1 Å². The quantitative estimate of drug-likeness (QED) is 0.280. The highest BCUT2D eigenvalue weighted by Crippen LogP contribution is 2.27. The van der Waals surface area contributed by atoms with Gasteiger partial charge < -0.3 is 4.74 Å². The topological polar surface area (TPSA) is 69.9 Å². The van der Waals surface area contributed by atoms with Crippen LogP contribution in [0.5, 0.6) is 5.75 Å². The van der Waals surface area contributed by atoms with Crippen molar-refractivity contribution in [1.29, 1.82) is 0 Å². The highest BCUT2D eigenvalue weighted by molar-refractivity contribution is 8.00. The lowest BCUT2D eigenvalue weighted by Gasteiger charge is -2.05. The summed E-state index contributed by atoms with van der Waals surface area (Å²) in [5, 5.41) is 5.74. The molecule has 0 spiro atoms. The number of hydrogen-bond acceptors (Lipinski definition) is 6. The van der Waals surface area contributed by atoms with Gasteiger partial charge >= 0.3 is 0 Å². The smallest absolute Gasteiger partial charge is 0.176 e. The van der Waals surface area contributed by atoms with Crippen LogP contribution < -0.4 is 4.74 Å². The Labute approximate surface area is 164 Å². The van der Waals surface area contributed by atoms with Crippen LogP contribution in [0.3, 0.4) is 0 Å². The number of nitrogens with zero attached hydrogens (tertiary/aromatic N) is 4. The van der Waals surface area contributed by atoms with Crippen LogP contribution in [0.15, 0.2) is 66.1 Å². The van der Waals surface area contributed by atoms with Crippen LogP contribution in [0.25, 0.3) is 16.7 Å². The van der Waals surface area contributed by atoms with Gasteiger partial charge in [0.15, 0.2) is 11.4 Å². The summed E-state index contributed by atoms with van der Waals surface area (Å²) in [6, 6.07) is 13.4. The van der Waals surface area contributed by atoms with Crippen LogP contribution in [-0.2, 0) is 0 Å². The number of aromatic nitrogens is 4. The molecule has 0 bridgehead atoms. The number of hydrogen-bond donors (Lipinski definition) is 0. The Morgan fingerprint density at radius 2 is 1.93 bits per heavy atom. The molecule has 28 heavy (non-hydrogen) atoms. The van der Waals surface area contributed by atoms with Crippen molar-refractivity contribution in [2.45, 2.75) is 5.03 Å². The van der Waals surface area contributed by atoms with Crippen LogP contribution in [0.4, 0.5) is 4.39 Å². The van der Waals surface area contributed by atoms with Crippen LogP contribution in [0, 0.1) is 5.82 Å². The Hall–Kier alpha value is -3.26. The Morgan fingerprint density at radius 1 is 1.14 bits per heavy atom. The molecule has 0 aliphatic rings. The fourth-order valence-electron chi connectivity index (χ4n) is 2.75. The largest absolute Gasteiger partial charge is 0.497 e. The van der Waals surface area contributed by atoms with E-state index in [1.54, 1.807) is 30.1 Å². The van der Waals surface area contributed by atoms with Gasteiger partial charge in [-0.1, -0.05) is 23.9 Å². The van der Waals surface area contributed by atoms with Gasteiger partial charge in [-0.3, -0.25) is 4.79 Å². The molecule has 2 aromatic carbocycles. The SMILES string of the molecule is COc1ccc(-n2ncc3c(SCC(=O)c4ccccc4F)ncnc32)cc1. The molecule has 0 amide bonds. The number of halogens is 1. The molecular formula is C20H15FN4O2S. The second kappa shape index (κ2) is 7.77. The first-order valence-corrected chi connectivity index (χ1v) is 9.39. The fraction of sp³-hybridized carbons (Fsp3) is 0.100. The number of thioether (sulfide) groups is 1. The Morgan fingerprint density at radius 3 is 2.68 bits per heavy atom. The first-order valence-electron chi connectivity index (χ1n) is 8.41. The summed E-state index contributed by atoms with van der Waals surface area (Å²) in [6.07, 6.45) is 3.09. The molecule has 0 aliphatic heterocycles. The maximum absolute atomic E-state index is 13.8. The van der Waals surface area contributed by atoms with Gasteiger partial charge in [0, 0.05) is 0 Å². The number of benzene rings is 2. The molecule has 8 heteroatoms.